The number of rotatable bonds is 5. The number of aryl methyl sites for hydroxylation is 2. The van der Waals surface area contributed by atoms with E-state index in [2.05, 4.69) is 19.9 Å². The summed E-state index contributed by atoms with van der Waals surface area (Å²) in [4.78, 5) is 0. The summed E-state index contributed by atoms with van der Waals surface area (Å²) < 4.78 is 11.4. The Hall–Kier alpha value is -2.16. The minimum Gasteiger partial charge on any atom is -0.490 e. The molecule has 0 unspecified atom stereocenters. The van der Waals surface area contributed by atoms with Crippen LogP contribution in [-0.4, -0.2) is 13.2 Å². The van der Waals surface area contributed by atoms with E-state index in [0.29, 0.717) is 18.9 Å². The average molecular weight is 271 g/mol. The van der Waals surface area contributed by atoms with Crippen LogP contribution in [0, 0.1) is 20.8 Å². The van der Waals surface area contributed by atoms with Gasteiger partial charge in [0.25, 0.3) is 0 Å². The van der Waals surface area contributed by atoms with E-state index in [1.54, 1.807) is 0 Å². The summed E-state index contributed by atoms with van der Waals surface area (Å²) in [5.41, 5.74) is 10.0. The van der Waals surface area contributed by atoms with Crippen molar-refractivity contribution < 1.29 is 9.47 Å². The molecule has 2 N–H and O–H groups in total. The highest BCUT2D eigenvalue weighted by atomic mass is 16.5. The smallest absolute Gasteiger partial charge is 0.142 e. The molecule has 20 heavy (non-hydrogen) atoms. The van der Waals surface area contributed by atoms with Crippen LogP contribution in [0.4, 0.5) is 5.69 Å². The van der Waals surface area contributed by atoms with Crippen LogP contribution in [0.2, 0.25) is 0 Å². The molecular weight excluding hydrogens is 250 g/mol. The van der Waals surface area contributed by atoms with E-state index in [0.717, 1.165) is 17.1 Å². The van der Waals surface area contributed by atoms with Gasteiger partial charge in [-0.15, -0.1) is 0 Å². The minimum absolute atomic E-state index is 0.473. The number of nitrogen functional groups attached to an aromatic ring is 1. The molecule has 3 heteroatoms. The van der Waals surface area contributed by atoms with E-state index < -0.39 is 0 Å². The largest absolute Gasteiger partial charge is 0.490 e. The Morgan fingerprint density at radius 3 is 2.35 bits per heavy atom. The molecule has 0 spiro atoms. The third-order valence-corrected chi connectivity index (χ3v) is 3.32. The van der Waals surface area contributed by atoms with Crippen molar-refractivity contribution in [3.8, 4) is 11.5 Å². The first kappa shape index (κ1) is 14.3. The van der Waals surface area contributed by atoms with Crippen molar-refractivity contribution in [2.24, 2.45) is 0 Å². The predicted octanol–water partition coefficient (Wildman–Crippen LogP) is 3.65. The minimum atomic E-state index is 0.473. The first-order valence-corrected chi connectivity index (χ1v) is 6.76. The van der Waals surface area contributed by atoms with Gasteiger partial charge in [-0.25, -0.2) is 0 Å². The number of hydrogen-bond donors (Lipinski definition) is 1. The molecule has 0 bridgehead atoms. The number of nitrogens with two attached hydrogens (primary N) is 1. The number of anilines is 1. The second-order valence-corrected chi connectivity index (χ2v) is 4.94. The van der Waals surface area contributed by atoms with Gasteiger partial charge in [0.15, 0.2) is 0 Å². The van der Waals surface area contributed by atoms with Crippen molar-refractivity contribution in [3.63, 3.8) is 0 Å². The van der Waals surface area contributed by atoms with Crippen LogP contribution >= 0.6 is 0 Å². The van der Waals surface area contributed by atoms with E-state index in [1.165, 1.54) is 11.1 Å². The van der Waals surface area contributed by atoms with E-state index >= 15 is 0 Å². The van der Waals surface area contributed by atoms with Crippen molar-refractivity contribution >= 4 is 5.69 Å². The van der Waals surface area contributed by atoms with Gasteiger partial charge in [0.1, 0.15) is 24.7 Å². The number of benzene rings is 2. The Morgan fingerprint density at radius 1 is 0.900 bits per heavy atom. The first-order chi connectivity index (χ1) is 9.58. The SMILES string of the molecule is Cc1ccc(N)c(OCCOc2cccc(C)c2C)c1. The van der Waals surface area contributed by atoms with Gasteiger partial charge in [-0.1, -0.05) is 18.2 Å². The molecule has 0 saturated carbocycles. The Labute approximate surface area is 120 Å². The molecule has 0 radical (unpaired) electrons. The van der Waals surface area contributed by atoms with Gasteiger partial charge in [0.2, 0.25) is 0 Å². The van der Waals surface area contributed by atoms with Gasteiger partial charge in [0.05, 0.1) is 5.69 Å². The number of hydrogen-bond acceptors (Lipinski definition) is 3. The average Bonchev–Trinajstić information content (AvgIpc) is 2.43. The molecule has 0 atom stereocenters. The van der Waals surface area contributed by atoms with E-state index in [1.807, 2.05) is 37.3 Å². The van der Waals surface area contributed by atoms with Gasteiger partial charge in [0, 0.05) is 0 Å². The molecule has 0 aliphatic carbocycles. The Morgan fingerprint density at radius 2 is 1.60 bits per heavy atom. The van der Waals surface area contributed by atoms with Crippen LogP contribution in [0.15, 0.2) is 36.4 Å². The van der Waals surface area contributed by atoms with Crippen LogP contribution in [0.3, 0.4) is 0 Å². The van der Waals surface area contributed by atoms with Crippen molar-refractivity contribution in [2.75, 3.05) is 18.9 Å². The van der Waals surface area contributed by atoms with Gasteiger partial charge >= 0.3 is 0 Å². The highest BCUT2D eigenvalue weighted by Gasteiger charge is 2.03. The molecule has 0 fully saturated rings. The summed E-state index contributed by atoms with van der Waals surface area (Å²) in [5, 5.41) is 0. The van der Waals surface area contributed by atoms with Crippen molar-refractivity contribution in [1.29, 1.82) is 0 Å². The topological polar surface area (TPSA) is 44.5 Å². The molecule has 106 valence electrons. The van der Waals surface area contributed by atoms with Crippen LogP contribution in [0.25, 0.3) is 0 Å². The Bertz CT molecular complexity index is 590. The highest BCUT2D eigenvalue weighted by molar-refractivity contribution is 5.53. The van der Waals surface area contributed by atoms with Gasteiger partial charge in [-0.2, -0.15) is 0 Å². The van der Waals surface area contributed by atoms with E-state index in [-0.39, 0.29) is 0 Å². The molecule has 0 heterocycles. The summed E-state index contributed by atoms with van der Waals surface area (Å²) in [6, 6.07) is 11.8. The zero-order chi connectivity index (χ0) is 14.5. The van der Waals surface area contributed by atoms with Crippen LogP contribution < -0.4 is 15.2 Å². The zero-order valence-electron chi connectivity index (χ0n) is 12.3. The van der Waals surface area contributed by atoms with Crippen molar-refractivity contribution in [2.45, 2.75) is 20.8 Å². The predicted molar refractivity (Wildman–Crippen MR) is 82.5 cm³/mol. The summed E-state index contributed by atoms with van der Waals surface area (Å²) in [5.74, 6) is 1.63. The lowest BCUT2D eigenvalue weighted by atomic mass is 10.1. The second kappa shape index (κ2) is 6.33. The lowest BCUT2D eigenvalue weighted by Crippen LogP contribution is -2.10. The molecule has 0 saturated heterocycles. The number of ether oxygens (including phenoxy) is 2. The molecule has 0 amide bonds. The van der Waals surface area contributed by atoms with Gasteiger partial charge in [-0.3, -0.25) is 0 Å². The van der Waals surface area contributed by atoms with Crippen LogP contribution in [-0.2, 0) is 0 Å². The lowest BCUT2D eigenvalue weighted by Gasteiger charge is -2.12. The van der Waals surface area contributed by atoms with Gasteiger partial charge < -0.3 is 15.2 Å². The maximum absolute atomic E-state index is 5.86. The monoisotopic (exact) mass is 271 g/mol. The molecule has 2 rings (SSSR count). The Kier molecular flexibility index (Phi) is 4.51. The fourth-order valence-electron chi connectivity index (χ4n) is 1.95. The van der Waals surface area contributed by atoms with E-state index in [9.17, 15) is 0 Å². The second-order valence-electron chi connectivity index (χ2n) is 4.94. The third-order valence-electron chi connectivity index (χ3n) is 3.32. The standard InChI is InChI=1S/C17H21NO2/c1-12-7-8-15(18)17(11-12)20-10-9-19-16-6-4-5-13(2)14(16)3/h4-8,11H,9-10,18H2,1-3H3. The van der Waals surface area contributed by atoms with Crippen LogP contribution in [0.5, 0.6) is 11.5 Å². The molecule has 0 aliphatic rings. The normalized spacial score (nSPS) is 10.3. The lowest BCUT2D eigenvalue weighted by molar-refractivity contribution is 0.217. The molecule has 3 nitrogen and oxygen atoms in total. The molecule has 0 aliphatic heterocycles. The summed E-state index contributed by atoms with van der Waals surface area (Å²) >= 11 is 0. The first-order valence-electron chi connectivity index (χ1n) is 6.76. The summed E-state index contributed by atoms with van der Waals surface area (Å²) in [7, 11) is 0. The molecular formula is C17H21NO2. The zero-order valence-corrected chi connectivity index (χ0v) is 12.3. The van der Waals surface area contributed by atoms with Gasteiger partial charge in [-0.05, 0) is 55.7 Å². The maximum atomic E-state index is 5.86. The summed E-state index contributed by atoms with van der Waals surface area (Å²) in [6.07, 6.45) is 0. The summed E-state index contributed by atoms with van der Waals surface area (Å²) in [6.45, 7) is 7.12. The molecule has 2 aromatic carbocycles. The quantitative estimate of drug-likeness (QED) is 0.667. The van der Waals surface area contributed by atoms with E-state index in [4.69, 9.17) is 15.2 Å². The third kappa shape index (κ3) is 3.44. The maximum Gasteiger partial charge on any atom is 0.142 e. The van der Waals surface area contributed by atoms with Crippen LogP contribution in [0.1, 0.15) is 16.7 Å². The molecule has 0 aromatic heterocycles. The van der Waals surface area contributed by atoms with Crippen molar-refractivity contribution in [3.05, 3.63) is 53.1 Å². The fourth-order valence-corrected chi connectivity index (χ4v) is 1.95. The fraction of sp³-hybridized carbons (Fsp3) is 0.294. The molecule has 2 aromatic rings. The Balaban J connectivity index is 1.88. The van der Waals surface area contributed by atoms with Crippen molar-refractivity contribution in [1.82, 2.24) is 0 Å². The highest BCUT2D eigenvalue weighted by Crippen LogP contribution is 2.23.